The number of benzene rings is 1. The number of rotatable bonds is 6. The number of nitrogens with zero attached hydrogens (tertiary/aromatic N) is 4. The van der Waals surface area contributed by atoms with Crippen molar-refractivity contribution in [2.24, 2.45) is 5.84 Å². The molecule has 4 aliphatic rings. The number of anilines is 1. The number of halogens is 1. The Morgan fingerprint density at radius 1 is 1.13 bits per heavy atom. The molecule has 1 aromatic carbocycles. The van der Waals surface area contributed by atoms with Crippen molar-refractivity contribution < 1.29 is 28.2 Å². The van der Waals surface area contributed by atoms with Crippen LogP contribution in [0.4, 0.5) is 14.9 Å². The average Bonchev–Trinajstić information content (AvgIpc) is 3.36. The minimum Gasteiger partial charge on any atom is -0.494 e. The molecule has 2 aromatic rings. The third-order valence-corrected chi connectivity index (χ3v) is 8.54. The minimum absolute atomic E-state index is 0.0279. The first-order valence-corrected chi connectivity index (χ1v) is 15.5. The van der Waals surface area contributed by atoms with Gasteiger partial charge in [-0.15, -0.1) is 0 Å². The summed E-state index contributed by atoms with van der Waals surface area (Å²) in [6, 6.07) is 3.67. The SMILES string of the molecule is COc1ccc(C(=O)NC2=CC(c3c(N(N)C4=CCCC=C4)c4c(n3N)CN(C(=O)N3C[C@@H](C)O[C@@H](C)C3)CC4=O)=CCN2)cc1F. The molecule has 6 N–H and O–H groups in total. The molecular weight excluding hydrogens is 607 g/mol. The Kier molecular flexibility index (Phi) is 8.80. The molecule has 6 rings (SSSR count). The van der Waals surface area contributed by atoms with E-state index < -0.39 is 11.7 Å². The number of ketones is 1. The van der Waals surface area contributed by atoms with Gasteiger partial charge in [0, 0.05) is 30.8 Å². The zero-order valence-electron chi connectivity index (χ0n) is 26.6. The number of hydrazine groups is 1. The first-order valence-electron chi connectivity index (χ1n) is 15.5. The molecular formula is C33H39FN8O5. The number of fused-ring (bicyclic) bond motifs is 1. The number of carbonyl (C=O) groups excluding carboxylic acids is 3. The number of allylic oxidation sites excluding steroid dienone is 5. The molecule has 248 valence electrons. The first kappa shape index (κ1) is 31.9. The normalized spacial score (nSPS) is 20.9. The molecule has 3 aliphatic heterocycles. The Hall–Kier alpha value is -5.08. The van der Waals surface area contributed by atoms with Crippen LogP contribution in [-0.4, -0.2) is 77.7 Å². The van der Waals surface area contributed by atoms with Gasteiger partial charge in [0.1, 0.15) is 5.82 Å². The van der Waals surface area contributed by atoms with Crippen molar-refractivity contribution in [2.45, 2.75) is 45.4 Å². The summed E-state index contributed by atoms with van der Waals surface area (Å²) in [5.41, 5.74) is 3.01. The van der Waals surface area contributed by atoms with Gasteiger partial charge < -0.3 is 35.7 Å². The summed E-state index contributed by atoms with van der Waals surface area (Å²) in [5, 5.41) is 7.34. The summed E-state index contributed by atoms with van der Waals surface area (Å²) in [6.07, 6.45) is 10.8. The molecule has 1 aliphatic carbocycles. The van der Waals surface area contributed by atoms with Crippen LogP contribution in [0.5, 0.6) is 5.75 Å². The molecule has 3 amide bonds. The monoisotopic (exact) mass is 646 g/mol. The summed E-state index contributed by atoms with van der Waals surface area (Å²) in [7, 11) is 1.35. The molecule has 0 bridgehead atoms. The molecule has 0 unspecified atom stereocenters. The topological polar surface area (TPSA) is 160 Å². The van der Waals surface area contributed by atoms with E-state index in [-0.39, 0.29) is 48.4 Å². The number of morpholine rings is 1. The number of nitrogens with two attached hydrogens (primary N) is 2. The lowest BCUT2D eigenvalue weighted by atomic mass is 10.0. The second-order valence-electron chi connectivity index (χ2n) is 12.0. The van der Waals surface area contributed by atoms with Crippen LogP contribution >= 0.6 is 0 Å². The maximum Gasteiger partial charge on any atom is 0.320 e. The van der Waals surface area contributed by atoms with Crippen molar-refractivity contribution in [3.63, 3.8) is 0 Å². The smallest absolute Gasteiger partial charge is 0.320 e. The highest BCUT2D eigenvalue weighted by atomic mass is 19.1. The Labute approximate surface area is 271 Å². The van der Waals surface area contributed by atoms with Crippen molar-refractivity contribution in [1.82, 2.24) is 25.1 Å². The Morgan fingerprint density at radius 2 is 1.89 bits per heavy atom. The first-order chi connectivity index (χ1) is 22.5. The number of methoxy groups -OCH3 is 1. The van der Waals surface area contributed by atoms with E-state index in [9.17, 15) is 18.8 Å². The number of hydrogen-bond acceptors (Lipinski definition) is 9. The van der Waals surface area contributed by atoms with Crippen molar-refractivity contribution in [3.05, 3.63) is 88.4 Å². The summed E-state index contributed by atoms with van der Waals surface area (Å²) in [5.74, 6) is 12.4. The van der Waals surface area contributed by atoms with Gasteiger partial charge in [-0.3, -0.25) is 19.3 Å². The van der Waals surface area contributed by atoms with Crippen LogP contribution in [0.3, 0.4) is 0 Å². The Balaban J connectivity index is 1.36. The summed E-state index contributed by atoms with van der Waals surface area (Å²) < 4.78 is 26.5. The second kappa shape index (κ2) is 13.0. The minimum atomic E-state index is -0.661. The van der Waals surface area contributed by atoms with E-state index in [1.807, 2.05) is 38.2 Å². The molecule has 4 heterocycles. The van der Waals surface area contributed by atoms with Gasteiger partial charge in [0.2, 0.25) is 0 Å². The molecule has 2 atom stereocenters. The molecule has 1 aromatic heterocycles. The number of urea groups is 1. The molecule has 1 saturated heterocycles. The number of aromatic nitrogens is 1. The lowest BCUT2D eigenvalue weighted by Gasteiger charge is -2.39. The maximum absolute atomic E-state index is 14.3. The van der Waals surface area contributed by atoms with Crippen LogP contribution in [0.25, 0.3) is 5.57 Å². The maximum atomic E-state index is 14.3. The number of amides is 3. The number of nitrogen functional groups attached to an aromatic ring is 1. The molecule has 1 fully saturated rings. The van der Waals surface area contributed by atoms with Crippen LogP contribution < -0.4 is 32.1 Å². The van der Waals surface area contributed by atoms with E-state index in [4.69, 9.17) is 21.2 Å². The summed E-state index contributed by atoms with van der Waals surface area (Å²) >= 11 is 0. The van der Waals surface area contributed by atoms with E-state index in [0.717, 1.165) is 18.9 Å². The number of dihydropyridines is 1. The fourth-order valence-electron chi connectivity index (χ4n) is 6.43. The fraction of sp³-hybridized carbons (Fsp3) is 0.364. The van der Waals surface area contributed by atoms with Gasteiger partial charge in [0.25, 0.3) is 5.91 Å². The van der Waals surface area contributed by atoms with Crippen LogP contribution in [0.2, 0.25) is 0 Å². The Morgan fingerprint density at radius 3 is 2.57 bits per heavy atom. The molecule has 0 radical (unpaired) electrons. The molecule has 14 heteroatoms. The van der Waals surface area contributed by atoms with E-state index >= 15 is 0 Å². The highest BCUT2D eigenvalue weighted by molar-refractivity contribution is 6.09. The second-order valence-corrected chi connectivity index (χ2v) is 12.0. The quantitative estimate of drug-likeness (QED) is 0.273. The molecule has 0 saturated carbocycles. The summed E-state index contributed by atoms with van der Waals surface area (Å²) in [4.78, 5) is 43.8. The van der Waals surface area contributed by atoms with Crippen molar-refractivity contribution in [3.8, 4) is 5.75 Å². The van der Waals surface area contributed by atoms with Crippen LogP contribution in [0.1, 0.15) is 58.8 Å². The highest BCUT2D eigenvalue weighted by Crippen LogP contribution is 2.40. The van der Waals surface area contributed by atoms with Gasteiger partial charge in [0.15, 0.2) is 17.3 Å². The zero-order valence-corrected chi connectivity index (χ0v) is 26.6. The van der Waals surface area contributed by atoms with E-state index in [1.165, 1.54) is 33.8 Å². The highest BCUT2D eigenvalue weighted by Gasteiger charge is 2.39. The number of hydrogen-bond donors (Lipinski definition) is 4. The van der Waals surface area contributed by atoms with E-state index in [2.05, 4.69) is 10.6 Å². The molecule has 0 spiro atoms. The summed E-state index contributed by atoms with van der Waals surface area (Å²) in [6.45, 7) is 4.92. The average molecular weight is 647 g/mol. The van der Waals surface area contributed by atoms with Crippen LogP contribution in [-0.2, 0) is 11.3 Å². The fourth-order valence-corrected chi connectivity index (χ4v) is 6.43. The Bertz CT molecular complexity index is 1730. The molecule has 13 nitrogen and oxygen atoms in total. The number of nitrogens with one attached hydrogen (secondary N) is 2. The number of carbonyl (C=O) groups is 3. The predicted octanol–water partition coefficient (Wildman–Crippen LogP) is 2.75. The van der Waals surface area contributed by atoms with Gasteiger partial charge in [-0.25, -0.2) is 15.0 Å². The van der Waals surface area contributed by atoms with Crippen LogP contribution in [0, 0.1) is 5.82 Å². The van der Waals surface area contributed by atoms with Gasteiger partial charge >= 0.3 is 6.03 Å². The predicted molar refractivity (Wildman–Crippen MR) is 174 cm³/mol. The number of ether oxygens (including phenoxy) is 2. The number of Topliss-reactive ketones (excluding diaryl/α,β-unsaturated/α-hetero) is 1. The van der Waals surface area contributed by atoms with Gasteiger partial charge in [-0.1, -0.05) is 18.2 Å². The van der Waals surface area contributed by atoms with E-state index in [1.54, 1.807) is 11.0 Å². The molecule has 47 heavy (non-hydrogen) atoms. The lowest BCUT2D eigenvalue weighted by molar-refractivity contribution is -0.0583. The largest absolute Gasteiger partial charge is 0.494 e. The van der Waals surface area contributed by atoms with Crippen molar-refractivity contribution in [1.29, 1.82) is 0 Å². The van der Waals surface area contributed by atoms with Gasteiger partial charge in [-0.05, 0) is 57.0 Å². The van der Waals surface area contributed by atoms with E-state index in [0.29, 0.717) is 59.4 Å². The van der Waals surface area contributed by atoms with Gasteiger partial charge in [0.05, 0.1) is 60.7 Å². The third-order valence-electron chi connectivity index (χ3n) is 8.54. The van der Waals surface area contributed by atoms with Crippen molar-refractivity contribution >= 4 is 29.0 Å². The third kappa shape index (κ3) is 6.21. The standard InChI is InChI=1S/C33H39FN8O5/c1-19-15-39(16-20(2)47-19)33(45)40-17-25-29(26(43)18-40)31(41(35)23-7-5-4-6-8-23)30(42(25)36)21-11-12-37-28(14-21)38-32(44)22-9-10-27(46-3)24(34)13-22/h5,7-11,13-14,19-20,37H,4,6,12,15-18,35-36H2,1-3H3,(H,38,44)/t19-,20+. The lowest BCUT2D eigenvalue weighted by Crippen LogP contribution is -2.54. The van der Waals surface area contributed by atoms with Crippen molar-refractivity contribution in [2.75, 3.05) is 44.1 Å². The van der Waals surface area contributed by atoms with Gasteiger partial charge in [-0.2, -0.15) is 0 Å². The zero-order chi connectivity index (χ0) is 33.4. The van der Waals surface area contributed by atoms with Crippen LogP contribution in [0.15, 0.2) is 60.1 Å².